The summed E-state index contributed by atoms with van der Waals surface area (Å²) in [5, 5.41) is 3.84. The van der Waals surface area contributed by atoms with Crippen molar-refractivity contribution in [3.8, 4) is 11.3 Å². The van der Waals surface area contributed by atoms with E-state index < -0.39 is 0 Å². The number of esters is 1. The van der Waals surface area contributed by atoms with Gasteiger partial charge in [0.2, 0.25) is 0 Å². The molecule has 0 aliphatic carbocycles. The molecule has 0 saturated heterocycles. The van der Waals surface area contributed by atoms with Crippen LogP contribution < -0.4 is 0 Å². The number of carbonyl (C=O) groups is 1. The Labute approximate surface area is 99.2 Å². The zero-order valence-corrected chi connectivity index (χ0v) is 9.55. The highest BCUT2D eigenvalue weighted by Crippen LogP contribution is 2.19. The lowest BCUT2D eigenvalue weighted by Crippen LogP contribution is -2.07. The summed E-state index contributed by atoms with van der Waals surface area (Å²) in [5.74, 6) is 0.366. The van der Waals surface area contributed by atoms with Gasteiger partial charge in [-0.2, -0.15) is 0 Å². The van der Waals surface area contributed by atoms with E-state index in [0.29, 0.717) is 18.1 Å². The quantitative estimate of drug-likeness (QED) is 0.758. The largest absolute Gasteiger partial charge is 0.466 e. The van der Waals surface area contributed by atoms with Gasteiger partial charge < -0.3 is 9.26 Å². The van der Waals surface area contributed by atoms with E-state index in [0.717, 1.165) is 5.56 Å². The molecular formula is C13H13NO3. The van der Waals surface area contributed by atoms with Crippen molar-refractivity contribution in [2.75, 3.05) is 6.61 Å². The molecule has 1 aromatic heterocycles. The highest BCUT2D eigenvalue weighted by atomic mass is 16.5. The van der Waals surface area contributed by atoms with Gasteiger partial charge in [0.05, 0.1) is 18.7 Å². The van der Waals surface area contributed by atoms with Crippen molar-refractivity contribution in [3.63, 3.8) is 0 Å². The Balaban J connectivity index is 2.09. The number of aromatic nitrogens is 1. The van der Waals surface area contributed by atoms with Crippen LogP contribution >= 0.6 is 0 Å². The van der Waals surface area contributed by atoms with Gasteiger partial charge in [-0.25, -0.2) is 0 Å². The minimum Gasteiger partial charge on any atom is -0.466 e. The molecule has 0 amide bonds. The summed E-state index contributed by atoms with van der Waals surface area (Å²) >= 11 is 0. The molecule has 0 fully saturated rings. The number of hydrogen-bond acceptors (Lipinski definition) is 4. The van der Waals surface area contributed by atoms with E-state index in [1.807, 2.05) is 30.3 Å². The number of rotatable bonds is 4. The van der Waals surface area contributed by atoms with Gasteiger partial charge in [0.25, 0.3) is 0 Å². The minimum atomic E-state index is -0.291. The summed E-state index contributed by atoms with van der Waals surface area (Å²) in [4.78, 5) is 11.3. The first-order chi connectivity index (χ1) is 8.29. The number of ether oxygens (including phenoxy) is 1. The molecule has 4 heteroatoms. The molecular weight excluding hydrogens is 218 g/mol. The first-order valence-electron chi connectivity index (χ1n) is 5.46. The zero-order chi connectivity index (χ0) is 12.1. The van der Waals surface area contributed by atoms with Crippen LogP contribution in [0.25, 0.3) is 11.3 Å². The number of hydrogen-bond donors (Lipinski definition) is 0. The molecule has 0 atom stereocenters. The fourth-order valence-electron chi connectivity index (χ4n) is 1.49. The topological polar surface area (TPSA) is 52.3 Å². The third-order valence-electron chi connectivity index (χ3n) is 2.25. The predicted molar refractivity (Wildman–Crippen MR) is 62.3 cm³/mol. The average molecular weight is 231 g/mol. The molecule has 0 radical (unpaired) electrons. The van der Waals surface area contributed by atoms with Crippen molar-refractivity contribution >= 4 is 5.97 Å². The Morgan fingerprint density at radius 2 is 2.12 bits per heavy atom. The maximum atomic E-state index is 11.3. The SMILES string of the molecule is CCOC(=O)Cc1cc(-c2ccccc2)on1. The van der Waals surface area contributed by atoms with Gasteiger partial charge in [-0.15, -0.1) is 0 Å². The lowest BCUT2D eigenvalue weighted by atomic mass is 10.1. The first-order valence-corrected chi connectivity index (χ1v) is 5.46. The molecule has 88 valence electrons. The van der Waals surface area contributed by atoms with Crippen LogP contribution in [-0.2, 0) is 16.0 Å². The molecule has 1 aromatic carbocycles. The van der Waals surface area contributed by atoms with Crippen LogP contribution in [-0.4, -0.2) is 17.7 Å². The van der Waals surface area contributed by atoms with Gasteiger partial charge >= 0.3 is 5.97 Å². The average Bonchev–Trinajstić information content (AvgIpc) is 2.79. The second-order valence-electron chi connectivity index (χ2n) is 3.53. The van der Waals surface area contributed by atoms with Crippen molar-refractivity contribution in [1.29, 1.82) is 0 Å². The number of carbonyl (C=O) groups excluding carboxylic acids is 1. The molecule has 0 unspecified atom stereocenters. The van der Waals surface area contributed by atoms with Gasteiger partial charge in [0, 0.05) is 11.6 Å². The van der Waals surface area contributed by atoms with Gasteiger partial charge in [-0.1, -0.05) is 35.5 Å². The Morgan fingerprint density at radius 3 is 2.82 bits per heavy atom. The van der Waals surface area contributed by atoms with Crippen LogP contribution in [0.2, 0.25) is 0 Å². The molecule has 2 rings (SSSR count). The van der Waals surface area contributed by atoms with Crippen LogP contribution in [0.5, 0.6) is 0 Å². The monoisotopic (exact) mass is 231 g/mol. The normalized spacial score (nSPS) is 10.2. The summed E-state index contributed by atoms with van der Waals surface area (Å²) < 4.78 is 10.0. The fraction of sp³-hybridized carbons (Fsp3) is 0.231. The number of nitrogens with zero attached hydrogens (tertiary/aromatic N) is 1. The Bertz CT molecular complexity index is 490. The second kappa shape index (κ2) is 5.30. The smallest absolute Gasteiger partial charge is 0.311 e. The van der Waals surface area contributed by atoms with Crippen molar-refractivity contribution in [2.45, 2.75) is 13.3 Å². The molecule has 17 heavy (non-hydrogen) atoms. The predicted octanol–water partition coefficient (Wildman–Crippen LogP) is 2.45. The number of benzene rings is 1. The van der Waals surface area contributed by atoms with Crippen molar-refractivity contribution in [1.82, 2.24) is 5.16 Å². The minimum absolute atomic E-state index is 0.143. The zero-order valence-electron chi connectivity index (χ0n) is 9.55. The summed E-state index contributed by atoms with van der Waals surface area (Å²) in [7, 11) is 0. The van der Waals surface area contributed by atoms with Gasteiger partial charge in [-0.05, 0) is 6.92 Å². The van der Waals surface area contributed by atoms with Gasteiger partial charge in [0.15, 0.2) is 5.76 Å². The van der Waals surface area contributed by atoms with E-state index in [2.05, 4.69) is 5.16 Å². The molecule has 0 bridgehead atoms. The summed E-state index contributed by atoms with van der Waals surface area (Å²) in [6.07, 6.45) is 0.143. The van der Waals surface area contributed by atoms with E-state index in [4.69, 9.17) is 9.26 Å². The van der Waals surface area contributed by atoms with E-state index in [-0.39, 0.29) is 12.4 Å². The fourth-order valence-corrected chi connectivity index (χ4v) is 1.49. The van der Waals surface area contributed by atoms with Crippen LogP contribution in [0.1, 0.15) is 12.6 Å². The summed E-state index contributed by atoms with van der Waals surface area (Å²) in [6, 6.07) is 11.4. The van der Waals surface area contributed by atoms with E-state index in [9.17, 15) is 4.79 Å². The second-order valence-corrected chi connectivity index (χ2v) is 3.53. The van der Waals surface area contributed by atoms with E-state index >= 15 is 0 Å². The summed E-state index contributed by atoms with van der Waals surface area (Å²) in [5.41, 5.74) is 1.53. The molecule has 2 aromatic rings. The van der Waals surface area contributed by atoms with E-state index in [1.165, 1.54) is 0 Å². The highest BCUT2D eigenvalue weighted by molar-refractivity contribution is 5.72. The standard InChI is InChI=1S/C13H13NO3/c1-2-16-13(15)9-11-8-12(17-14-11)10-6-4-3-5-7-10/h3-8H,2,9H2,1H3. The Morgan fingerprint density at radius 1 is 1.35 bits per heavy atom. The van der Waals surface area contributed by atoms with Crippen LogP contribution in [0, 0.1) is 0 Å². The van der Waals surface area contributed by atoms with Crippen molar-refractivity contribution in [3.05, 3.63) is 42.1 Å². The maximum Gasteiger partial charge on any atom is 0.311 e. The van der Waals surface area contributed by atoms with Crippen LogP contribution in [0.15, 0.2) is 40.9 Å². The van der Waals surface area contributed by atoms with Gasteiger partial charge in [0.1, 0.15) is 0 Å². The molecule has 0 saturated carbocycles. The molecule has 4 nitrogen and oxygen atoms in total. The highest BCUT2D eigenvalue weighted by Gasteiger charge is 2.10. The Hall–Kier alpha value is -2.10. The van der Waals surface area contributed by atoms with E-state index in [1.54, 1.807) is 13.0 Å². The molecule has 0 spiro atoms. The Kier molecular flexibility index (Phi) is 3.55. The van der Waals surface area contributed by atoms with Crippen molar-refractivity contribution < 1.29 is 14.1 Å². The molecule has 1 heterocycles. The van der Waals surface area contributed by atoms with Crippen LogP contribution in [0.4, 0.5) is 0 Å². The summed E-state index contributed by atoms with van der Waals surface area (Å²) in [6.45, 7) is 2.15. The van der Waals surface area contributed by atoms with Crippen molar-refractivity contribution in [2.24, 2.45) is 0 Å². The molecule has 0 aliphatic heterocycles. The third-order valence-corrected chi connectivity index (χ3v) is 2.25. The molecule has 0 aliphatic rings. The third kappa shape index (κ3) is 2.93. The lowest BCUT2D eigenvalue weighted by Gasteiger charge is -1.96. The molecule has 0 N–H and O–H groups in total. The first kappa shape index (κ1) is 11.4. The van der Waals surface area contributed by atoms with Gasteiger partial charge in [-0.3, -0.25) is 4.79 Å². The van der Waals surface area contributed by atoms with Crippen LogP contribution in [0.3, 0.4) is 0 Å². The lowest BCUT2D eigenvalue weighted by molar-refractivity contribution is -0.142. The maximum absolute atomic E-state index is 11.3.